The maximum Gasteiger partial charge on any atom is 0.147 e. The zero-order chi connectivity index (χ0) is 13.7. The van der Waals surface area contributed by atoms with Gasteiger partial charge in [-0.25, -0.2) is 4.98 Å². The van der Waals surface area contributed by atoms with Crippen molar-refractivity contribution in [2.45, 2.75) is 45.4 Å². The summed E-state index contributed by atoms with van der Waals surface area (Å²) in [6, 6.07) is 0.454. The van der Waals surface area contributed by atoms with Crippen LogP contribution < -0.4 is 10.2 Å². The van der Waals surface area contributed by atoms with Crippen molar-refractivity contribution in [3.05, 3.63) is 18.1 Å². The second-order valence-corrected chi connectivity index (χ2v) is 5.42. The maximum atomic E-state index is 5.65. The van der Waals surface area contributed by atoms with E-state index in [1.165, 1.54) is 6.42 Å². The van der Waals surface area contributed by atoms with Gasteiger partial charge >= 0.3 is 0 Å². The van der Waals surface area contributed by atoms with E-state index in [0.29, 0.717) is 12.1 Å². The molecule has 1 unspecified atom stereocenters. The Labute approximate surface area is 115 Å². The van der Waals surface area contributed by atoms with Gasteiger partial charge in [-0.2, -0.15) is 0 Å². The summed E-state index contributed by atoms with van der Waals surface area (Å²) in [7, 11) is 2.05. The Morgan fingerprint density at radius 1 is 1.47 bits per heavy atom. The van der Waals surface area contributed by atoms with E-state index in [4.69, 9.17) is 4.74 Å². The lowest BCUT2D eigenvalue weighted by Crippen LogP contribution is -2.30. The van der Waals surface area contributed by atoms with Crippen molar-refractivity contribution >= 4 is 5.82 Å². The van der Waals surface area contributed by atoms with Gasteiger partial charge in [0.25, 0.3) is 0 Å². The summed E-state index contributed by atoms with van der Waals surface area (Å²) in [5.74, 6) is 0.915. The predicted molar refractivity (Wildman–Crippen MR) is 76.3 cm³/mol. The molecular formula is C14H24N4O. The SMILES string of the molecule is CC(C)NCc1cncc(N(C)CC2CCCO2)n1. The maximum absolute atomic E-state index is 5.65. The third-order valence-corrected chi connectivity index (χ3v) is 3.26. The number of hydrogen-bond donors (Lipinski definition) is 1. The molecule has 1 fully saturated rings. The minimum Gasteiger partial charge on any atom is -0.376 e. The van der Waals surface area contributed by atoms with Gasteiger partial charge < -0.3 is 15.0 Å². The quantitative estimate of drug-likeness (QED) is 0.845. The Hall–Kier alpha value is -1.20. The molecule has 1 saturated heterocycles. The molecule has 1 atom stereocenters. The molecule has 1 N–H and O–H groups in total. The molecule has 0 saturated carbocycles. The molecule has 1 aliphatic heterocycles. The Balaban J connectivity index is 1.92. The summed E-state index contributed by atoms with van der Waals surface area (Å²) in [4.78, 5) is 11.0. The van der Waals surface area contributed by atoms with Crippen molar-refractivity contribution in [3.63, 3.8) is 0 Å². The summed E-state index contributed by atoms with van der Waals surface area (Å²) >= 11 is 0. The number of anilines is 1. The van der Waals surface area contributed by atoms with Gasteiger partial charge in [-0.3, -0.25) is 4.98 Å². The summed E-state index contributed by atoms with van der Waals surface area (Å²) in [5, 5.41) is 3.36. The molecule has 0 amide bonds. The van der Waals surface area contributed by atoms with E-state index in [2.05, 4.69) is 34.0 Å². The zero-order valence-electron chi connectivity index (χ0n) is 12.1. The van der Waals surface area contributed by atoms with Crippen LogP contribution in [0.4, 0.5) is 5.82 Å². The van der Waals surface area contributed by atoms with Gasteiger partial charge in [0, 0.05) is 39.0 Å². The number of aromatic nitrogens is 2. The van der Waals surface area contributed by atoms with E-state index in [0.717, 1.165) is 37.6 Å². The first-order valence-electron chi connectivity index (χ1n) is 7.02. The van der Waals surface area contributed by atoms with Gasteiger partial charge in [0.15, 0.2) is 0 Å². The van der Waals surface area contributed by atoms with Crippen LogP contribution in [0.2, 0.25) is 0 Å². The minimum atomic E-state index is 0.337. The lowest BCUT2D eigenvalue weighted by atomic mass is 10.2. The monoisotopic (exact) mass is 264 g/mol. The van der Waals surface area contributed by atoms with Gasteiger partial charge in [-0.1, -0.05) is 13.8 Å². The molecule has 1 aromatic heterocycles. The number of likely N-dealkylation sites (N-methyl/N-ethyl adjacent to an activating group) is 1. The fourth-order valence-electron chi connectivity index (χ4n) is 2.16. The second kappa shape index (κ2) is 6.82. The summed E-state index contributed by atoms with van der Waals surface area (Å²) < 4.78 is 5.65. The van der Waals surface area contributed by atoms with Crippen LogP contribution in [0.15, 0.2) is 12.4 Å². The number of nitrogens with zero attached hydrogens (tertiary/aromatic N) is 3. The summed E-state index contributed by atoms with van der Waals surface area (Å²) in [6.07, 6.45) is 6.28. The van der Waals surface area contributed by atoms with Crippen LogP contribution in [0.3, 0.4) is 0 Å². The molecule has 2 heterocycles. The van der Waals surface area contributed by atoms with E-state index in [1.807, 2.05) is 19.4 Å². The molecule has 19 heavy (non-hydrogen) atoms. The fraction of sp³-hybridized carbons (Fsp3) is 0.714. The van der Waals surface area contributed by atoms with Gasteiger partial charge in [0.05, 0.1) is 18.0 Å². The van der Waals surface area contributed by atoms with Gasteiger partial charge in [0.2, 0.25) is 0 Å². The molecule has 0 radical (unpaired) electrons. The molecule has 5 nitrogen and oxygen atoms in total. The highest BCUT2D eigenvalue weighted by molar-refractivity contribution is 5.35. The van der Waals surface area contributed by atoms with Gasteiger partial charge in [-0.05, 0) is 12.8 Å². The number of rotatable bonds is 6. The standard InChI is InChI=1S/C14H24N4O/c1-11(2)16-8-12-7-15-9-14(17-12)18(3)10-13-5-4-6-19-13/h7,9,11,13,16H,4-6,8,10H2,1-3H3. The van der Waals surface area contributed by atoms with Crippen molar-refractivity contribution in [1.29, 1.82) is 0 Å². The minimum absolute atomic E-state index is 0.337. The van der Waals surface area contributed by atoms with Crippen LogP contribution in [-0.2, 0) is 11.3 Å². The van der Waals surface area contributed by atoms with Crippen LogP contribution in [0.5, 0.6) is 0 Å². The Bertz CT molecular complexity index is 391. The second-order valence-electron chi connectivity index (χ2n) is 5.42. The molecule has 0 bridgehead atoms. The number of ether oxygens (including phenoxy) is 1. The molecule has 0 aliphatic carbocycles. The molecule has 0 spiro atoms. The van der Waals surface area contributed by atoms with E-state index < -0.39 is 0 Å². The summed E-state index contributed by atoms with van der Waals surface area (Å²) in [5.41, 5.74) is 0.977. The average Bonchev–Trinajstić information content (AvgIpc) is 2.89. The largest absolute Gasteiger partial charge is 0.376 e. The Morgan fingerprint density at radius 2 is 2.32 bits per heavy atom. The lowest BCUT2D eigenvalue weighted by Gasteiger charge is -2.21. The molecular weight excluding hydrogens is 240 g/mol. The molecule has 1 aliphatic rings. The molecule has 0 aromatic carbocycles. The van der Waals surface area contributed by atoms with E-state index in [-0.39, 0.29) is 0 Å². The van der Waals surface area contributed by atoms with Crippen LogP contribution in [0.1, 0.15) is 32.4 Å². The normalized spacial score (nSPS) is 19.1. The summed E-state index contributed by atoms with van der Waals surface area (Å²) in [6.45, 7) is 6.78. The van der Waals surface area contributed by atoms with Crippen LogP contribution in [0, 0.1) is 0 Å². The first kappa shape index (κ1) is 14.2. The third kappa shape index (κ3) is 4.44. The fourth-order valence-corrected chi connectivity index (χ4v) is 2.16. The van der Waals surface area contributed by atoms with E-state index in [9.17, 15) is 0 Å². The highest BCUT2D eigenvalue weighted by Gasteiger charge is 2.18. The van der Waals surface area contributed by atoms with E-state index >= 15 is 0 Å². The highest BCUT2D eigenvalue weighted by Crippen LogP contribution is 2.16. The predicted octanol–water partition coefficient (Wildman–Crippen LogP) is 1.59. The zero-order valence-corrected chi connectivity index (χ0v) is 12.1. The molecule has 1 aromatic rings. The Morgan fingerprint density at radius 3 is 3.00 bits per heavy atom. The number of hydrogen-bond acceptors (Lipinski definition) is 5. The molecule has 106 valence electrons. The first-order valence-corrected chi connectivity index (χ1v) is 7.02. The average molecular weight is 264 g/mol. The Kier molecular flexibility index (Phi) is 5.10. The lowest BCUT2D eigenvalue weighted by molar-refractivity contribution is 0.116. The van der Waals surface area contributed by atoms with Crippen LogP contribution in [0.25, 0.3) is 0 Å². The number of nitrogens with one attached hydrogen (secondary N) is 1. The van der Waals surface area contributed by atoms with Crippen LogP contribution >= 0.6 is 0 Å². The van der Waals surface area contributed by atoms with Crippen molar-refractivity contribution in [1.82, 2.24) is 15.3 Å². The van der Waals surface area contributed by atoms with Crippen molar-refractivity contribution < 1.29 is 4.74 Å². The topological polar surface area (TPSA) is 50.3 Å². The first-order chi connectivity index (χ1) is 9.15. The third-order valence-electron chi connectivity index (χ3n) is 3.26. The van der Waals surface area contributed by atoms with Crippen molar-refractivity contribution in [3.8, 4) is 0 Å². The van der Waals surface area contributed by atoms with Gasteiger partial charge in [-0.15, -0.1) is 0 Å². The molecule has 2 rings (SSSR count). The van der Waals surface area contributed by atoms with Gasteiger partial charge in [0.1, 0.15) is 5.82 Å². The van der Waals surface area contributed by atoms with Crippen LogP contribution in [-0.4, -0.2) is 42.3 Å². The highest BCUT2D eigenvalue weighted by atomic mass is 16.5. The smallest absolute Gasteiger partial charge is 0.147 e. The van der Waals surface area contributed by atoms with Crippen molar-refractivity contribution in [2.75, 3.05) is 25.1 Å². The van der Waals surface area contributed by atoms with E-state index in [1.54, 1.807) is 0 Å². The molecule has 5 heteroatoms. The van der Waals surface area contributed by atoms with Crippen molar-refractivity contribution in [2.24, 2.45) is 0 Å².